The molecule has 2 aliphatic carbocycles. The van der Waals surface area contributed by atoms with Crippen LogP contribution in [0.2, 0.25) is 0 Å². The Bertz CT molecular complexity index is 558. The lowest BCUT2D eigenvalue weighted by Gasteiger charge is -2.26. The Labute approximate surface area is 117 Å². The summed E-state index contributed by atoms with van der Waals surface area (Å²) in [5, 5.41) is 12.2. The standard InChI is InChI=1S/C15H18N2O3/c1-8-3-2-4-11(16-8)17-14(18)12-9-5-6-10(7-9)13(12)15(19)20/h2-4,9-10,12-13H,5-7H2,1H3,(H,19,20)(H,16,17,18). The maximum Gasteiger partial charge on any atom is 0.307 e. The number of pyridine rings is 1. The molecule has 20 heavy (non-hydrogen) atoms. The average Bonchev–Trinajstić information content (AvgIpc) is 2.98. The lowest BCUT2D eigenvalue weighted by Crippen LogP contribution is -2.38. The number of nitrogens with one attached hydrogen (secondary N) is 1. The number of aryl methyl sites for hydroxylation is 1. The van der Waals surface area contributed by atoms with Gasteiger partial charge in [0.25, 0.3) is 0 Å². The molecule has 2 aliphatic rings. The minimum atomic E-state index is -0.838. The van der Waals surface area contributed by atoms with Gasteiger partial charge in [0.2, 0.25) is 5.91 Å². The van der Waals surface area contributed by atoms with E-state index in [0.29, 0.717) is 5.82 Å². The maximum atomic E-state index is 12.4. The third-order valence-corrected chi connectivity index (χ3v) is 4.64. The van der Waals surface area contributed by atoms with E-state index in [1.165, 1.54) is 0 Å². The average molecular weight is 274 g/mol. The molecule has 1 aromatic heterocycles. The molecular weight excluding hydrogens is 256 g/mol. The second-order valence-electron chi connectivity index (χ2n) is 5.88. The maximum absolute atomic E-state index is 12.4. The summed E-state index contributed by atoms with van der Waals surface area (Å²) < 4.78 is 0. The van der Waals surface area contributed by atoms with Gasteiger partial charge < -0.3 is 10.4 Å². The van der Waals surface area contributed by atoms with E-state index in [9.17, 15) is 14.7 Å². The number of hydrogen-bond donors (Lipinski definition) is 2. The van der Waals surface area contributed by atoms with Gasteiger partial charge in [0, 0.05) is 5.69 Å². The number of aliphatic carboxylic acids is 1. The fraction of sp³-hybridized carbons (Fsp3) is 0.533. The van der Waals surface area contributed by atoms with E-state index in [-0.39, 0.29) is 17.7 Å². The van der Waals surface area contributed by atoms with E-state index >= 15 is 0 Å². The van der Waals surface area contributed by atoms with E-state index < -0.39 is 17.8 Å². The van der Waals surface area contributed by atoms with Crippen molar-refractivity contribution >= 4 is 17.7 Å². The van der Waals surface area contributed by atoms with E-state index in [0.717, 1.165) is 25.0 Å². The Balaban J connectivity index is 1.78. The molecule has 4 unspecified atom stereocenters. The van der Waals surface area contributed by atoms with Crippen molar-refractivity contribution in [1.29, 1.82) is 0 Å². The SMILES string of the molecule is Cc1cccc(NC(=O)C2C3CCC(C3)C2C(=O)O)n1. The molecule has 0 spiro atoms. The second-order valence-corrected chi connectivity index (χ2v) is 5.88. The summed E-state index contributed by atoms with van der Waals surface area (Å²) in [6, 6.07) is 5.41. The molecule has 1 amide bonds. The molecule has 3 rings (SSSR count). The van der Waals surface area contributed by atoms with Crippen LogP contribution in [0.5, 0.6) is 0 Å². The highest BCUT2D eigenvalue weighted by Gasteiger charge is 2.54. The summed E-state index contributed by atoms with van der Waals surface area (Å²) in [5.41, 5.74) is 0.825. The Morgan fingerprint density at radius 1 is 1.25 bits per heavy atom. The number of anilines is 1. The van der Waals surface area contributed by atoms with Crippen molar-refractivity contribution < 1.29 is 14.7 Å². The zero-order chi connectivity index (χ0) is 14.3. The monoisotopic (exact) mass is 274 g/mol. The number of amides is 1. The van der Waals surface area contributed by atoms with Crippen molar-refractivity contribution in [2.45, 2.75) is 26.2 Å². The van der Waals surface area contributed by atoms with Crippen LogP contribution in [0.3, 0.4) is 0 Å². The van der Waals surface area contributed by atoms with Gasteiger partial charge in [-0.05, 0) is 50.2 Å². The summed E-state index contributed by atoms with van der Waals surface area (Å²) in [7, 11) is 0. The molecular formula is C15H18N2O3. The normalized spacial score (nSPS) is 31.2. The van der Waals surface area contributed by atoms with Crippen LogP contribution in [-0.2, 0) is 9.59 Å². The van der Waals surface area contributed by atoms with Crippen LogP contribution in [0.1, 0.15) is 25.0 Å². The van der Waals surface area contributed by atoms with Gasteiger partial charge in [0.1, 0.15) is 5.82 Å². The van der Waals surface area contributed by atoms with Gasteiger partial charge in [0.15, 0.2) is 0 Å². The first kappa shape index (κ1) is 13.1. The number of carboxylic acids is 1. The molecule has 0 aliphatic heterocycles. The van der Waals surface area contributed by atoms with Crippen molar-refractivity contribution in [1.82, 2.24) is 4.98 Å². The predicted molar refractivity (Wildman–Crippen MR) is 73.1 cm³/mol. The van der Waals surface area contributed by atoms with E-state index in [1.807, 2.05) is 19.1 Å². The molecule has 0 aromatic carbocycles. The summed E-state index contributed by atoms with van der Waals surface area (Å²) in [6.07, 6.45) is 2.78. The zero-order valence-electron chi connectivity index (χ0n) is 11.4. The Morgan fingerprint density at radius 2 is 1.95 bits per heavy atom. The van der Waals surface area contributed by atoms with Crippen molar-refractivity contribution in [2.75, 3.05) is 5.32 Å². The van der Waals surface area contributed by atoms with Gasteiger partial charge >= 0.3 is 5.97 Å². The van der Waals surface area contributed by atoms with Gasteiger partial charge in [-0.3, -0.25) is 9.59 Å². The molecule has 4 atom stereocenters. The van der Waals surface area contributed by atoms with Gasteiger partial charge in [-0.15, -0.1) is 0 Å². The second kappa shape index (κ2) is 4.89. The molecule has 2 saturated carbocycles. The van der Waals surface area contributed by atoms with Gasteiger partial charge in [-0.1, -0.05) is 6.07 Å². The largest absolute Gasteiger partial charge is 0.481 e. The third kappa shape index (κ3) is 2.17. The summed E-state index contributed by atoms with van der Waals surface area (Å²) in [4.78, 5) is 28.1. The van der Waals surface area contributed by atoms with E-state index in [4.69, 9.17) is 0 Å². The van der Waals surface area contributed by atoms with Gasteiger partial charge in [0.05, 0.1) is 11.8 Å². The first-order chi connectivity index (χ1) is 9.56. The smallest absolute Gasteiger partial charge is 0.307 e. The van der Waals surface area contributed by atoms with Crippen LogP contribution in [0.4, 0.5) is 5.82 Å². The number of fused-ring (bicyclic) bond motifs is 2. The summed E-state index contributed by atoms with van der Waals surface area (Å²) >= 11 is 0. The Kier molecular flexibility index (Phi) is 3.20. The predicted octanol–water partition coefficient (Wildman–Crippen LogP) is 2.08. The molecule has 106 valence electrons. The molecule has 0 radical (unpaired) electrons. The fourth-order valence-electron chi connectivity index (χ4n) is 3.85. The molecule has 1 heterocycles. The van der Waals surface area contributed by atoms with Crippen molar-refractivity contribution in [3.8, 4) is 0 Å². The number of aromatic nitrogens is 1. The minimum absolute atomic E-state index is 0.165. The molecule has 0 saturated heterocycles. The van der Waals surface area contributed by atoms with Crippen LogP contribution >= 0.6 is 0 Å². The van der Waals surface area contributed by atoms with Gasteiger partial charge in [-0.25, -0.2) is 4.98 Å². The number of rotatable bonds is 3. The highest BCUT2D eigenvalue weighted by molar-refractivity contribution is 5.95. The van der Waals surface area contributed by atoms with Crippen LogP contribution in [0.15, 0.2) is 18.2 Å². The van der Waals surface area contributed by atoms with Crippen LogP contribution < -0.4 is 5.32 Å². The highest BCUT2D eigenvalue weighted by Crippen LogP contribution is 2.52. The molecule has 2 fully saturated rings. The molecule has 2 N–H and O–H groups in total. The van der Waals surface area contributed by atoms with Crippen molar-refractivity contribution in [2.24, 2.45) is 23.7 Å². The lowest BCUT2D eigenvalue weighted by atomic mass is 9.79. The molecule has 5 nitrogen and oxygen atoms in total. The molecule has 1 aromatic rings. The van der Waals surface area contributed by atoms with E-state index in [1.54, 1.807) is 6.07 Å². The lowest BCUT2D eigenvalue weighted by molar-refractivity contribution is -0.148. The van der Waals surface area contributed by atoms with Crippen LogP contribution in [0.25, 0.3) is 0 Å². The molecule has 2 bridgehead atoms. The minimum Gasteiger partial charge on any atom is -0.481 e. The quantitative estimate of drug-likeness (QED) is 0.884. The number of hydrogen-bond acceptors (Lipinski definition) is 3. The van der Waals surface area contributed by atoms with Crippen molar-refractivity contribution in [3.63, 3.8) is 0 Å². The highest BCUT2D eigenvalue weighted by atomic mass is 16.4. The topological polar surface area (TPSA) is 79.3 Å². The zero-order valence-corrected chi connectivity index (χ0v) is 11.4. The third-order valence-electron chi connectivity index (χ3n) is 4.64. The summed E-state index contributed by atoms with van der Waals surface area (Å²) in [5.74, 6) is -1.09. The first-order valence-electron chi connectivity index (χ1n) is 7.03. The number of carbonyl (C=O) groups excluding carboxylic acids is 1. The first-order valence-corrected chi connectivity index (χ1v) is 7.03. The number of carbonyl (C=O) groups is 2. The Morgan fingerprint density at radius 3 is 2.60 bits per heavy atom. The van der Waals surface area contributed by atoms with Crippen LogP contribution in [0, 0.1) is 30.6 Å². The number of nitrogens with zero attached hydrogens (tertiary/aromatic N) is 1. The fourth-order valence-corrected chi connectivity index (χ4v) is 3.85. The number of carboxylic acid groups (broad SMARTS) is 1. The summed E-state index contributed by atoms with van der Waals surface area (Å²) in [6.45, 7) is 1.85. The Hall–Kier alpha value is -1.91. The van der Waals surface area contributed by atoms with E-state index in [2.05, 4.69) is 10.3 Å². The molecule has 5 heteroatoms. The van der Waals surface area contributed by atoms with Crippen molar-refractivity contribution in [3.05, 3.63) is 23.9 Å². The van der Waals surface area contributed by atoms with Gasteiger partial charge in [-0.2, -0.15) is 0 Å². The van der Waals surface area contributed by atoms with Crippen LogP contribution in [-0.4, -0.2) is 22.0 Å².